The third-order valence-corrected chi connectivity index (χ3v) is 3.46. The van der Waals surface area contributed by atoms with Gasteiger partial charge in [0, 0.05) is 23.5 Å². The highest BCUT2D eigenvalue weighted by molar-refractivity contribution is 6.04. The van der Waals surface area contributed by atoms with Gasteiger partial charge in [-0.2, -0.15) is 0 Å². The Morgan fingerprint density at radius 3 is 2.43 bits per heavy atom. The third-order valence-electron chi connectivity index (χ3n) is 3.46. The maximum atomic E-state index is 13.1. The Labute approximate surface area is 124 Å². The molecule has 0 amide bonds. The summed E-state index contributed by atoms with van der Waals surface area (Å²) in [5.74, 6) is -0.392. The molecule has 1 N–H and O–H groups in total. The van der Waals surface area contributed by atoms with E-state index in [1.54, 1.807) is 12.3 Å². The van der Waals surface area contributed by atoms with E-state index in [-0.39, 0.29) is 11.6 Å². The molecule has 0 fully saturated rings. The number of carbonyl (C=O) groups excluding carboxylic acids is 1. The van der Waals surface area contributed by atoms with Crippen LogP contribution in [0.3, 0.4) is 0 Å². The predicted octanol–water partition coefficient (Wildman–Crippen LogP) is 4.56. The molecule has 0 spiro atoms. The van der Waals surface area contributed by atoms with Crippen molar-refractivity contribution < 1.29 is 9.18 Å². The molecule has 0 saturated heterocycles. The van der Waals surface area contributed by atoms with Gasteiger partial charge in [-0.1, -0.05) is 18.2 Å². The molecule has 2 aromatic carbocycles. The van der Waals surface area contributed by atoms with Crippen molar-refractivity contribution in [1.29, 1.82) is 0 Å². The maximum Gasteiger partial charge on any atom is 0.187 e. The summed E-state index contributed by atoms with van der Waals surface area (Å²) in [5, 5.41) is 2.94. The van der Waals surface area contributed by atoms with Gasteiger partial charge in [0.1, 0.15) is 5.82 Å². The van der Waals surface area contributed by atoms with E-state index < -0.39 is 0 Å². The quantitative estimate of drug-likeness (QED) is 0.658. The van der Waals surface area contributed by atoms with E-state index in [0.717, 1.165) is 16.7 Å². The molecule has 0 aliphatic carbocycles. The minimum atomic E-state index is -0.308. The molecule has 0 atom stereocenters. The number of hydrogen-bond donors (Lipinski definition) is 1. The van der Waals surface area contributed by atoms with E-state index in [4.69, 9.17) is 0 Å². The number of rotatable bonds is 4. The van der Waals surface area contributed by atoms with Crippen molar-refractivity contribution in [2.45, 2.75) is 20.8 Å². The Balaban J connectivity index is 2.08. The number of anilines is 1. The molecule has 0 aromatic heterocycles. The average Bonchev–Trinajstić information content (AvgIpc) is 2.45. The first-order valence-corrected chi connectivity index (χ1v) is 6.78. The molecule has 0 aliphatic rings. The molecule has 2 nitrogen and oxygen atoms in total. The lowest BCUT2D eigenvalue weighted by molar-refractivity contribution is 0.104. The Morgan fingerprint density at radius 2 is 1.71 bits per heavy atom. The van der Waals surface area contributed by atoms with Crippen LogP contribution in [0.25, 0.3) is 0 Å². The molecule has 0 bridgehead atoms. The first kappa shape index (κ1) is 15.0. The van der Waals surface area contributed by atoms with E-state index in [9.17, 15) is 9.18 Å². The fraction of sp³-hybridized carbons (Fsp3) is 0.167. The van der Waals surface area contributed by atoms with Crippen molar-refractivity contribution in [1.82, 2.24) is 0 Å². The summed E-state index contributed by atoms with van der Waals surface area (Å²) in [4.78, 5) is 12.0. The van der Waals surface area contributed by atoms with E-state index in [1.807, 2.05) is 39.0 Å². The largest absolute Gasteiger partial charge is 0.361 e. The van der Waals surface area contributed by atoms with E-state index in [2.05, 4.69) is 5.32 Å². The molecule has 2 aromatic rings. The van der Waals surface area contributed by atoms with Crippen molar-refractivity contribution in [3.8, 4) is 0 Å². The van der Waals surface area contributed by atoms with E-state index >= 15 is 0 Å². The summed E-state index contributed by atoms with van der Waals surface area (Å²) >= 11 is 0. The molecule has 2 rings (SSSR count). The summed E-state index contributed by atoms with van der Waals surface area (Å²) in [6.45, 7) is 5.86. The van der Waals surface area contributed by atoms with Gasteiger partial charge in [-0.25, -0.2) is 4.39 Å². The van der Waals surface area contributed by atoms with Gasteiger partial charge in [-0.05, 0) is 55.7 Å². The summed E-state index contributed by atoms with van der Waals surface area (Å²) in [6.07, 6.45) is 2.99. The van der Waals surface area contributed by atoms with E-state index in [1.165, 1.54) is 18.2 Å². The first-order valence-electron chi connectivity index (χ1n) is 6.78. The molecule has 0 heterocycles. The zero-order valence-electron chi connectivity index (χ0n) is 12.4. The number of halogens is 1. The van der Waals surface area contributed by atoms with Crippen molar-refractivity contribution in [3.63, 3.8) is 0 Å². The van der Waals surface area contributed by atoms with Gasteiger partial charge in [-0.15, -0.1) is 0 Å². The fourth-order valence-corrected chi connectivity index (χ4v) is 1.95. The maximum absolute atomic E-state index is 13.1. The fourth-order valence-electron chi connectivity index (χ4n) is 1.95. The van der Waals surface area contributed by atoms with Crippen LogP contribution >= 0.6 is 0 Å². The van der Waals surface area contributed by atoms with Crippen molar-refractivity contribution in [3.05, 3.63) is 76.7 Å². The number of carbonyl (C=O) groups is 1. The van der Waals surface area contributed by atoms with Gasteiger partial charge in [0.05, 0.1) is 0 Å². The molecule has 0 unspecified atom stereocenters. The highest BCUT2D eigenvalue weighted by Gasteiger charge is 2.03. The smallest absolute Gasteiger partial charge is 0.187 e. The normalized spacial score (nSPS) is 10.9. The lowest BCUT2D eigenvalue weighted by Gasteiger charge is -2.05. The van der Waals surface area contributed by atoms with Gasteiger partial charge in [0.15, 0.2) is 5.78 Å². The van der Waals surface area contributed by atoms with Crippen molar-refractivity contribution in [2.24, 2.45) is 0 Å². The minimum Gasteiger partial charge on any atom is -0.361 e. The van der Waals surface area contributed by atoms with Crippen LogP contribution in [0.1, 0.15) is 27.0 Å². The topological polar surface area (TPSA) is 29.1 Å². The van der Waals surface area contributed by atoms with Crippen LogP contribution in [0.15, 0.2) is 48.7 Å². The zero-order valence-corrected chi connectivity index (χ0v) is 12.4. The van der Waals surface area contributed by atoms with Crippen LogP contribution in [0.2, 0.25) is 0 Å². The van der Waals surface area contributed by atoms with Gasteiger partial charge in [0.25, 0.3) is 0 Å². The predicted molar refractivity (Wildman–Crippen MR) is 84.1 cm³/mol. The third kappa shape index (κ3) is 3.78. The van der Waals surface area contributed by atoms with Crippen molar-refractivity contribution in [2.75, 3.05) is 5.32 Å². The number of hydrogen-bond acceptors (Lipinski definition) is 2. The average molecular weight is 283 g/mol. The highest BCUT2D eigenvalue weighted by Crippen LogP contribution is 2.16. The second-order valence-electron chi connectivity index (χ2n) is 5.10. The number of nitrogens with one attached hydrogen (secondary N) is 1. The van der Waals surface area contributed by atoms with Gasteiger partial charge < -0.3 is 5.32 Å². The molecular formula is C18H18FNO. The summed E-state index contributed by atoms with van der Waals surface area (Å²) in [7, 11) is 0. The number of ketones is 1. The highest BCUT2D eigenvalue weighted by atomic mass is 19.1. The van der Waals surface area contributed by atoms with Crippen LogP contribution < -0.4 is 5.32 Å². The lowest BCUT2D eigenvalue weighted by Crippen LogP contribution is -1.98. The Hall–Kier alpha value is -2.42. The molecule has 108 valence electrons. The van der Waals surface area contributed by atoms with Crippen LogP contribution in [0.4, 0.5) is 10.1 Å². The molecular weight excluding hydrogens is 265 g/mol. The Kier molecular flexibility index (Phi) is 4.53. The van der Waals surface area contributed by atoms with Gasteiger partial charge >= 0.3 is 0 Å². The Bertz CT molecular complexity index is 704. The first-order chi connectivity index (χ1) is 9.97. The van der Waals surface area contributed by atoms with Crippen LogP contribution in [-0.2, 0) is 0 Å². The number of allylic oxidation sites excluding steroid dienone is 1. The molecule has 0 saturated carbocycles. The van der Waals surface area contributed by atoms with Crippen molar-refractivity contribution >= 4 is 11.5 Å². The van der Waals surface area contributed by atoms with Gasteiger partial charge in [0.2, 0.25) is 0 Å². The van der Waals surface area contributed by atoms with E-state index in [0.29, 0.717) is 11.3 Å². The number of aryl methyl sites for hydroxylation is 3. The monoisotopic (exact) mass is 283 g/mol. The molecule has 3 heteroatoms. The van der Waals surface area contributed by atoms with Gasteiger partial charge in [-0.3, -0.25) is 4.79 Å². The standard InChI is InChI=1S/C18H18FNO/c1-12-4-6-15(10-14(12)3)18(21)8-9-20-17-11-16(19)7-5-13(17)2/h4-11,20H,1-3H3. The van der Waals surface area contributed by atoms with Crippen LogP contribution in [-0.4, -0.2) is 5.78 Å². The van der Waals surface area contributed by atoms with Crippen LogP contribution in [0.5, 0.6) is 0 Å². The summed E-state index contributed by atoms with van der Waals surface area (Å²) < 4.78 is 13.1. The number of benzene rings is 2. The second kappa shape index (κ2) is 6.35. The zero-order chi connectivity index (χ0) is 15.4. The minimum absolute atomic E-state index is 0.0837. The molecule has 21 heavy (non-hydrogen) atoms. The summed E-state index contributed by atoms with van der Waals surface area (Å²) in [5.41, 5.74) is 4.46. The summed E-state index contributed by atoms with van der Waals surface area (Å²) in [6, 6.07) is 10.1. The SMILES string of the molecule is Cc1ccc(C(=O)C=CNc2cc(F)ccc2C)cc1C. The Morgan fingerprint density at radius 1 is 1.00 bits per heavy atom. The second-order valence-corrected chi connectivity index (χ2v) is 5.10. The lowest BCUT2D eigenvalue weighted by atomic mass is 10.0. The molecule has 0 aliphatic heterocycles. The van der Waals surface area contributed by atoms with Crippen LogP contribution in [0, 0.1) is 26.6 Å². The molecule has 0 radical (unpaired) electrons.